The molecule has 3 rings (SSSR count). The van der Waals surface area contributed by atoms with Crippen LogP contribution in [0.15, 0.2) is 54.9 Å². The minimum atomic E-state index is -0.611. The Morgan fingerprint density at radius 2 is 1.92 bits per heavy atom. The Bertz CT molecular complexity index is 879. The second-order valence-electron chi connectivity index (χ2n) is 6.03. The first kappa shape index (κ1) is 19.6. The van der Waals surface area contributed by atoms with Gasteiger partial charge in [-0.1, -0.05) is 42.5 Å². The molecular formula is C19H22ClN5O. The van der Waals surface area contributed by atoms with Gasteiger partial charge in [0, 0.05) is 18.3 Å². The van der Waals surface area contributed by atoms with Crippen LogP contribution < -0.4 is 11.1 Å². The van der Waals surface area contributed by atoms with Crippen LogP contribution in [0, 0.1) is 6.92 Å². The largest absolute Gasteiger partial charge is 0.324 e. The second-order valence-corrected chi connectivity index (χ2v) is 6.03. The van der Waals surface area contributed by atoms with E-state index in [4.69, 9.17) is 5.73 Å². The van der Waals surface area contributed by atoms with E-state index in [9.17, 15) is 4.79 Å². The number of anilines is 1. The summed E-state index contributed by atoms with van der Waals surface area (Å²) in [6.45, 7) is 1.95. The van der Waals surface area contributed by atoms with E-state index in [0.29, 0.717) is 6.42 Å². The van der Waals surface area contributed by atoms with Gasteiger partial charge in [-0.25, -0.2) is 0 Å². The molecule has 0 saturated carbocycles. The number of hydrogen-bond donors (Lipinski definition) is 2. The average Bonchev–Trinajstić information content (AvgIpc) is 3.03. The van der Waals surface area contributed by atoms with Gasteiger partial charge in [-0.05, 0) is 30.5 Å². The van der Waals surface area contributed by atoms with Gasteiger partial charge in [-0.3, -0.25) is 4.79 Å². The molecule has 26 heavy (non-hydrogen) atoms. The molecule has 3 N–H and O–H groups in total. The number of carbonyl (C=O) groups is 1. The van der Waals surface area contributed by atoms with E-state index in [1.807, 2.05) is 67.1 Å². The van der Waals surface area contributed by atoms with Crippen molar-refractivity contribution in [3.05, 3.63) is 66.0 Å². The number of halogens is 1. The molecule has 0 aliphatic rings. The van der Waals surface area contributed by atoms with Crippen molar-refractivity contribution >= 4 is 24.0 Å². The van der Waals surface area contributed by atoms with Gasteiger partial charge < -0.3 is 15.6 Å². The van der Waals surface area contributed by atoms with Crippen molar-refractivity contribution in [3.63, 3.8) is 0 Å². The average molecular weight is 372 g/mol. The van der Waals surface area contributed by atoms with Crippen LogP contribution in [-0.2, 0) is 18.3 Å². The molecule has 3 aromatic rings. The molecular weight excluding hydrogens is 350 g/mol. The summed E-state index contributed by atoms with van der Waals surface area (Å²) in [4.78, 5) is 12.5. The summed E-state index contributed by atoms with van der Waals surface area (Å²) >= 11 is 0. The molecule has 1 unspecified atom stereocenters. The lowest BCUT2D eigenvalue weighted by molar-refractivity contribution is -0.117. The Kier molecular flexibility index (Phi) is 6.49. The number of nitrogens with two attached hydrogens (primary N) is 1. The molecule has 6 nitrogen and oxygen atoms in total. The van der Waals surface area contributed by atoms with Crippen molar-refractivity contribution in [3.8, 4) is 11.4 Å². The summed E-state index contributed by atoms with van der Waals surface area (Å²) in [6, 6.07) is 14.8. The van der Waals surface area contributed by atoms with Gasteiger partial charge in [-0.15, -0.1) is 22.6 Å². The van der Waals surface area contributed by atoms with Gasteiger partial charge in [0.05, 0.1) is 6.04 Å². The molecule has 0 aliphatic heterocycles. The zero-order valence-corrected chi connectivity index (χ0v) is 15.5. The van der Waals surface area contributed by atoms with Crippen molar-refractivity contribution in [1.82, 2.24) is 14.8 Å². The highest BCUT2D eigenvalue weighted by molar-refractivity contribution is 5.96. The van der Waals surface area contributed by atoms with E-state index in [-0.39, 0.29) is 18.3 Å². The Labute approximate surface area is 158 Å². The Morgan fingerprint density at radius 3 is 2.58 bits per heavy atom. The topological polar surface area (TPSA) is 85.8 Å². The summed E-state index contributed by atoms with van der Waals surface area (Å²) in [5.74, 6) is 0.546. The molecule has 0 spiro atoms. The highest BCUT2D eigenvalue weighted by Crippen LogP contribution is 2.26. The van der Waals surface area contributed by atoms with Crippen LogP contribution in [0.3, 0.4) is 0 Å². The smallest absolute Gasteiger partial charge is 0.241 e. The van der Waals surface area contributed by atoms with Crippen LogP contribution in [0.25, 0.3) is 11.4 Å². The van der Waals surface area contributed by atoms with E-state index < -0.39 is 6.04 Å². The van der Waals surface area contributed by atoms with E-state index in [2.05, 4.69) is 15.5 Å². The molecule has 0 saturated heterocycles. The van der Waals surface area contributed by atoms with E-state index in [0.717, 1.165) is 28.2 Å². The van der Waals surface area contributed by atoms with Crippen molar-refractivity contribution < 1.29 is 4.79 Å². The minimum absolute atomic E-state index is 0. The quantitative estimate of drug-likeness (QED) is 0.722. The molecule has 2 aromatic carbocycles. The van der Waals surface area contributed by atoms with Crippen molar-refractivity contribution in [1.29, 1.82) is 0 Å². The normalized spacial score (nSPS) is 11.5. The molecule has 1 atom stereocenters. The third-order valence-electron chi connectivity index (χ3n) is 4.18. The lowest BCUT2D eigenvalue weighted by Crippen LogP contribution is -2.37. The maximum absolute atomic E-state index is 12.5. The molecule has 1 aromatic heterocycles. The number of carbonyl (C=O) groups excluding carboxylic acids is 1. The standard InChI is InChI=1S/C19H21N5O.ClH/c1-13-15(18-23-21-12-24(18)2)9-6-10-17(13)22-19(25)16(20)11-14-7-4-3-5-8-14;/h3-10,12,16H,11,20H2,1-2H3,(H,22,25);1H. The SMILES string of the molecule is Cc1c(NC(=O)C(N)Cc2ccccc2)cccc1-c1nncn1C.Cl. The maximum atomic E-state index is 12.5. The van der Waals surface area contributed by atoms with E-state index in [1.54, 1.807) is 6.33 Å². The van der Waals surface area contributed by atoms with Gasteiger partial charge in [-0.2, -0.15) is 0 Å². The Hall–Kier alpha value is -2.70. The number of rotatable bonds is 5. The summed E-state index contributed by atoms with van der Waals surface area (Å²) < 4.78 is 1.84. The molecule has 7 heteroatoms. The first-order chi connectivity index (χ1) is 12.1. The summed E-state index contributed by atoms with van der Waals surface area (Å²) in [7, 11) is 1.88. The number of nitrogens with zero attached hydrogens (tertiary/aromatic N) is 3. The number of amides is 1. The van der Waals surface area contributed by atoms with Crippen molar-refractivity contribution in [2.24, 2.45) is 12.8 Å². The van der Waals surface area contributed by atoms with Crippen molar-refractivity contribution in [2.75, 3.05) is 5.32 Å². The van der Waals surface area contributed by atoms with Gasteiger partial charge in [0.1, 0.15) is 6.33 Å². The number of aromatic nitrogens is 3. The Balaban J connectivity index is 0.00000243. The molecule has 0 aliphatic carbocycles. The zero-order chi connectivity index (χ0) is 17.8. The van der Waals surface area contributed by atoms with E-state index >= 15 is 0 Å². The lowest BCUT2D eigenvalue weighted by Gasteiger charge is -2.15. The van der Waals surface area contributed by atoms with Crippen LogP contribution in [0.2, 0.25) is 0 Å². The number of nitrogens with one attached hydrogen (secondary N) is 1. The summed E-state index contributed by atoms with van der Waals surface area (Å²) in [6.07, 6.45) is 2.14. The monoisotopic (exact) mass is 371 g/mol. The first-order valence-corrected chi connectivity index (χ1v) is 8.10. The Morgan fingerprint density at radius 1 is 1.19 bits per heavy atom. The zero-order valence-electron chi connectivity index (χ0n) is 14.7. The fourth-order valence-corrected chi connectivity index (χ4v) is 2.73. The van der Waals surface area contributed by atoms with Crippen LogP contribution in [-0.4, -0.2) is 26.7 Å². The molecule has 0 radical (unpaired) electrons. The molecule has 136 valence electrons. The predicted octanol–water partition coefficient (Wildman–Crippen LogP) is 2.72. The summed E-state index contributed by atoms with van der Waals surface area (Å²) in [5.41, 5.74) is 9.69. The number of benzene rings is 2. The van der Waals surface area contributed by atoms with Crippen LogP contribution in [0.5, 0.6) is 0 Å². The van der Waals surface area contributed by atoms with Crippen LogP contribution >= 0.6 is 12.4 Å². The number of hydrogen-bond acceptors (Lipinski definition) is 4. The molecule has 1 amide bonds. The van der Waals surface area contributed by atoms with E-state index in [1.165, 1.54) is 0 Å². The first-order valence-electron chi connectivity index (χ1n) is 8.10. The van der Waals surface area contributed by atoms with Crippen LogP contribution in [0.4, 0.5) is 5.69 Å². The fourth-order valence-electron chi connectivity index (χ4n) is 2.73. The fraction of sp³-hybridized carbons (Fsp3) is 0.211. The second kappa shape index (κ2) is 8.60. The predicted molar refractivity (Wildman–Crippen MR) is 105 cm³/mol. The third-order valence-corrected chi connectivity index (χ3v) is 4.18. The van der Waals surface area contributed by atoms with Crippen LogP contribution in [0.1, 0.15) is 11.1 Å². The van der Waals surface area contributed by atoms with Gasteiger partial charge in [0.15, 0.2) is 5.82 Å². The number of aryl methyl sites for hydroxylation is 1. The third kappa shape index (κ3) is 4.28. The van der Waals surface area contributed by atoms with Gasteiger partial charge in [0.2, 0.25) is 5.91 Å². The maximum Gasteiger partial charge on any atom is 0.241 e. The highest BCUT2D eigenvalue weighted by atomic mass is 35.5. The van der Waals surface area contributed by atoms with Crippen molar-refractivity contribution in [2.45, 2.75) is 19.4 Å². The lowest BCUT2D eigenvalue weighted by atomic mass is 10.0. The molecule has 1 heterocycles. The minimum Gasteiger partial charge on any atom is -0.324 e. The highest BCUT2D eigenvalue weighted by Gasteiger charge is 2.17. The van der Waals surface area contributed by atoms with Gasteiger partial charge >= 0.3 is 0 Å². The summed E-state index contributed by atoms with van der Waals surface area (Å²) in [5, 5.41) is 11.0. The molecule has 0 bridgehead atoms. The molecule has 0 fully saturated rings. The van der Waals surface area contributed by atoms with Gasteiger partial charge in [0.25, 0.3) is 0 Å².